The predicted octanol–water partition coefficient (Wildman–Crippen LogP) is 16.2. The van der Waals surface area contributed by atoms with E-state index in [4.69, 9.17) is 2.74 Å². The Morgan fingerprint density at radius 2 is 0.887 bits per heavy atom. The molecule has 0 fully saturated rings. The summed E-state index contributed by atoms with van der Waals surface area (Å²) in [5.74, 6) is 0. The fraction of sp³-hybridized carbons (Fsp3) is 0. The van der Waals surface area contributed by atoms with Crippen LogP contribution in [0.5, 0.6) is 0 Å². The smallest absolute Gasteiger partial charge is 0.0645 e. The molecule has 0 aliphatic rings. The zero-order valence-electron chi connectivity index (χ0n) is 40.4. The Labute approximate surface area is 370 Å². The van der Waals surface area contributed by atoms with Gasteiger partial charge in [-0.3, -0.25) is 0 Å². The average Bonchev–Trinajstić information content (AvgIpc) is 3.94. The standard InChI is InChI=1S/C60H40N2/c1-5-17-41(18-6-1)45-25-15-26-49(37-45)61-58-35-32-48(40-55(58)52-29-16-28-50(60(52)61)43-21-9-3-10-22-43)47-33-36-59-54(39-47)51-27-13-14-30-56(51)62(59)57-34-31-46(42-19-7-2-8-20-42)38-53(57)44-23-11-4-12-24-44/h1-40H/i13D,14D,27D,30D,33D,36D,39D. The summed E-state index contributed by atoms with van der Waals surface area (Å²) in [5.41, 5.74) is 12.4. The first kappa shape index (κ1) is 29.1. The Kier molecular flexibility index (Phi) is 6.95. The highest BCUT2D eigenvalue weighted by Crippen LogP contribution is 2.43. The Bertz CT molecular complexity index is 4010. The molecule has 2 nitrogen and oxygen atoms in total. The molecule has 10 aromatic carbocycles. The summed E-state index contributed by atoms with van der Waals surface area (Å²) in [5, 5.41) is 2.18. The molecule has 2 aromatic heterocycles. The van der Waals surface area contributed by atoms with Crippen LogP contribution in [-0.4, -0.2) is 9.13 Å². The molecule has 2 heterocycles. The van der Waals surface area contributed by atoms with E-state index in [1.807, 2.05) is 127 Å². The van der Waals surface area contributed by atoms with E-state index in [0.717, 1.165) is 72.0 Å². The minimum absolute atomic E-state index is 0.0921. The minimum atomic E-state index is -0.434. The number of fused-ring (bicyclic) bond motifs is 6. The molecule has 0 atom stereocenters. The molecule has 2 heteroatoms. The number of hydrogen-bond donors (Lipinski definition) is 0. The molecule has 0 aliphatic carbocycles. The Balaban J connectivity index is 1.15. The van der Waals surface area contributed by atoms with Crippen LogP contribution in [0.25, 0.3) is 111 Å². The second kappa shape index (κ2) is 14.8. The van der Waals surface area contributed by atoms with Crippen molar-refractivity contribution in [1.29, 1.82) is 0 Å². The monoisotopic (exact) mass is 795 g/mol. The second-order valence-electron chi connectivity index (χ2n) is 15.5. The zero-order chi connectivity index (χ0) is 47.1. The largest absolute Gasteiger partial charge is 0.309 e. The maximum absolute atomic E-state index is 10.1. The van der Waals surface area contributed by atoms with Gasteiger partial charge in [-0.15, -0.1) is 0 Å². The van der Waals surface area contributed by atoms with Crippen LogP contribution in [0.15, 0.2) is 242 Å². The van der Waals surface area contributed by atoms with Crippen molar-refractivity contribution in [3.8, 4) is 67.0 Å². The normalized spacial score (nSPS) is 13.1. The molecule has 0 N–H and O–H groups in total. The molecule has 0 amide bonds. The molecule has 0 saturated heterocycles. The molecular formula is C60H40N2. The van der Waals surface area contributed by atoms with Gasteiger partial charge < -0.3 is 9.13 Å². The van der Waals surface area contributed by atoms with Crippen LogP contribution >= 0.6 is 0 Å². The maximum Gasteiger partial charge on any atom is 0.0645 e. The second-order valence-corrected chi connectivity index (χ2v) is 15.5. The van der Waals surface area contributed by atoms with Gasteiger partial charge in [0.1, 0.15) is 0 Å². The zero-order valence-corrected chi connectivity index (χ0v) is 33.4. The quantitative estimate of drug-likeness (QED) is 0.152. The van der Waals surface area contributed by atoms with Crippen LogP contribution in [0.4, 0.5) is 0 Å². The van der Waals surface area contributed by atoms with Gasteiger partial charge in [-0.1, -0.05) is 188 Å². The summed E-state index contributed by atoms with van der Waals surface area (Å²) in [6.45, 7) is 0. The lowest BCUT2D eigenvalue weighted by molar-refractivity contribution is 1.18. The van der Waals surface area contributed by atoms with Crippen molar-refractivity contribution in [2.24, 2.45) is 0 Å². The van der Waals surface area contributed by atoms with Gasteiger partial charge in [0.05, 0.1) is 37.3 Å². The Morgan fingerprint density at radius 3 is 1.61 bits per heavy atom. The summed E-state index contributed by atoms with van der Waals surface area (Å²) in [6.07, 6.45) is 0. The van der Waals surface area contributed by atoms with E-state index in [9.17, 15) is 6.85 Å². The lowest BCUT2D eigenvalue weighted by Crippen LogP contribution is -1.98. The van der Waals surface area contributed by atoms with Crippen LogP contribution in [0.2, 0.25) is 0 Å². The van der Waals surface area contributed by atoms with Gasteiger partial charge in [0.2, 0.25) is 0 Å². The third kappa shape index (κ3) is 5.96. The van der Waals surface area contributed by atoms with Gasteiger partial charge in [0, 0.05) is 38.4 Å². The number of aromatic nitrogens is 2. The fourth-order valence-corrected chi connectivity index (χ4v) is 9.09. The minimum Gasteiger partial charge on any atom is -0.309 e. The Hall–Kier alpha value is -8.20. The predicted molar refractivity (Wildman–Crippen MR) is 262 cm³/mol. The topological polar surface area (TPSA) is 9.86 Å². The molecule has 12 rings (SSSR count). The Morgan fingerprint density at radius 1 is 0.306 bits per heavy atom. The number of hydrogen-bond acceptors (Lipinski definition) is 0. The van der Waals surface area contributed by atoms with Crippen LogP contribution in [-0.2, 0) is 0 Å². The van der Waals surface area contributed by atoms with E-state index in [-0.39, 0.29) is 57.6 Å². The summed E-state index contributed by atoms with van der Waals surface area (Å²) in [6, 6.07) is 65.1. The maximum atomic E-state index is 10.1. The van der Waals surface area contributed by atoms with Gasteiger partial charge in [-0.05, 0) is 99.0 Å². The van der Waals surface area contributed by atoms with Crippen LogP contribution in [0, 0.1) is 0 Å². The third-order valence-electron chi connectivity index (χ3n) is 12.0. The van der Waals surface area contributed by atoms with Crippen LogP contribution in [0.1, 0.15) is 9.60 Å². The molecule has 0 spiro atoms. The molecule has 0 radical (unpaired) electrons. The van der Waals surface area contributed by atoms with Crippen molar-refractivity contribution >= 4 is 43.6 Å². The van der Waals surface area contributed by atoms with Gasteiger partial charge in [-0.25, -0.2) is 0 Å². The molecule has 62 heavy (non-hydrogen) atoms. The number of para-hydroxylation sites is 2. The van der Waals surface area contributed by atoms with E-state index >= 15 is 0 Å². The van der Waals surface area contributed by atoms with Crippen molar-refractivity contribution in [2.45, 2.75) is 0 Å². The first-order chi connectivity index (χ1) is 33.7. The van der Waals surface area contributed by atoms with Crippen LogP contribution in [0.3, 0.4) is 0 Å². The van der Waals surface area contributed by atoms with Gasteiger partial charge in [0.15, 0.2) is 0 Å². The van der Waals surface area contributed by atoms with E-state index in [2.05, 4.69) is 77.4 Å². The average molecular weight is 796 g/mol. The lowest BCUT2D eigenvalue weighted by Gasteiger charge is -2.16. The molecule has 290 valence electrons. The summed E-state index contributed by atoms with van der Waals surface area (Å²) < 4.78 is 70.4. The number of nitrogens with zero attached hydrogens (tertiary/aromatic N) is 2. The third-order valence-corrected chi connectivity index (χ3v) is 12.0. The van der Waals surface area contributed by atoms with Crippen molar-refractivity contribution in [3.63, 3.8) is 0 Å². The van der Waals surface area contributed by atoms with Crippen molar-refractivity contribution in [3.05, 3.63) is 242 Å². The molecule has 0 saturated carbocycles. The van der Waals surface area contributed by atoms with E-state index in [0.29, 0.717) is 11.3 Å². The SMILES string of the molecule is [2H]c1c([2H])c([2H])c2c(c1[2H])c1c([2H])c(-c3ccc4c(c3)c3cccc(-c5ccccc5)c3n4-c3cccc(-c4ccccc4)c3)c([2H])c([2H])c1n2-c1ccc(-c2ccccc2)cc1-c1ccccc1. The fourth-order valence-electron chi connectivity index (χ4n) is 9.09. The summed E-state index contributed by atoms with van der Waals surface area (Å²) in [7, 11) is 0. The molecule has 12 aromatic rings. The van der Waals surface area contributed by atoms with E-state index in [1.54, 1.807) is 4.57 Å². The highest BCUT2D eigenvalue weighted by molar-refractivity contribution is 6.15. The first-order valence-electron chi connectivity index (χ1n) is 24.3. The highest BCUT2D eigenvalue weighted by atomic mass is 15.0. The molecule has 0 unspecified atom stereocenters. The molecule has 0 bridgehead atoms. The summed E-state index contributed by atoms with van der Waals surface area (Å²) in [4.78, 5) is 0. The van der Waals surface area contributed by atoms with E-state index < -0.39 is 12.1 Å². The van der Waals surface area contributed by atoms with Gasteiger partial charge in [0.25, 0.3) is 0 Å². The van der Waals surface area contributed by atoms with Gasteiger partial charge in [-0.2, -0.15) is 0 Å². The van der Waals surface area contributed by atoms with Crippen molar-refractivity contribution < 1.29 is 9.60 Å². The molecular weight excluding hydrogens is 749 g/mol. The van der Waals surface area contributed by atoms with Crippen molar-refractivity contribution in [2.75, 3.05) is 0 Å². The van der Waals surface area contributed by atoms with E-state index in [1.165, 1.54) is 0 Å². The van der Waals surface area contributed by atoms with Gasteiger partial charge >= 0.3 is 0 Å². The highest BCUT2D eigenvalue weighted by Gasteiger charge is 2.20. The lowest BCUT2D eigenvalue weighted by atomic mass is 9.97. The number of rotatable bonds is 7. The van der Waals surface area contributed by atoms with Crippen molar-refractivity contribution in [1.82, 2.24) is 9.13 Å². The number of benzene rings is 10. The first-order valence-corrected chi connectivity index (χ1v) is 20.8. The molecule has 0 aliphatic heterocycles. The van der Waals surface area contributed by atoms with Crippen LogP contribution < -0.4 is 0 Å². The summed E-state index contributed by atoms with van der Waals surface area (Å²) >= 11 is 0.